The zero-order valence-electron chi connectivity index (χ0n) is 20.8. The first-order valence-corrected chi connectivity index (χ1v) is 14.1. The molecule has 2 aromatic carbocycles. The number of halogens is 1. The number of nitrogens with zero attached hydrogens (tertiary/aromatic N) is 2. The average Bonchev–Trinajstić information content (AvgIpc) is 3.26. The molecule has 1 atom stereocenters. The Labute approximate surface area is 213 Å². The SMILES string of the molecule is Cc1cc(C)cc(N(CC(=O)N(Cc2cccc(Cl)c2)[C@@H](C)C(=O)NC2CCCC2)S(C)(=O)=O)c1. The van der Waals surface area contributed by atoms with Crippen molar-refractivity contribution in [1.29, 1.82) is 0 Å². The molecule has 0 spiro atoms. The van der Waals surface area contributed by atoms with Gasteiger partial charge in [0, 0.05) is 17.6 Å². The summed E-state index contributed by atoms with van der Waals surface area (Å²) in [6.45, 7) is 5.14. The highest BCUT2D eigenvalue weighted by atomic mass is 35.5. The third-order valence-electron chi connectivity index (χ3n) is 6.28. The average molecular weight is 520 g/mol. The Bertz CT molecular complexity index is 1160. The minimum Gasteiger partial charge on any atom is -0.352 e. The number of anilines is 1. The smallest absolute Gasteiger partial charge is 0.244 e. The van der Waals surface area contributed by atoms with Gasteiger partial charge in [0.2, 0.25) is 21.8 Å². The quantitative estimate of drug-likeness (QED) is 0.538. The van der Waals surface area contributed by atoms with Gasteiger partial charge in [-0.2, -0.15) is 0 Å². The van der Waals surface area contributed by atoms with E-state index in [9.17, 15) is 18.0 Å². The van der Waals surface area contributed by atoms with Crippen LogP contribution in [0.25, 0.3) is 0 Å². The number of hydrogen-bond donors (Lipinski definition) is 1. The number of carbonyl (C=O) groups excluding carboxylic acids is 2. The van der Waals surface area contributed by atoms with E-state index in [1.807, 2.05) is 26.0 Å². The van der Waals surface area contributed by atoms with Crippen molar-refractivity contribution >= 4 is 39.1 Å². The molecular formula is C26H34ClN3O4S. The van der Waals surface area contributed by atoms with Crippen LogP contribution in [0.2, 0.25) is 5.02 Å². The topological polar surface area (TPSA) is 86.8 Å². The molecule has 2 aromatic rings. The van der Waals surface area contributed by atoms with Crippen LogP contribution in [0.15, 0.2) is 42.5 Å². The summed E-state index contributed by atoms with van der Waals surface area (Å²) in [6.07, 6.45) is 5.08. The first kappa shape index (κ1) is 27.0. The van der Waals surface area contributed by atoms with E-state index in [2.05, 4.69) is 5.32 Å². The molecule has 1 saturated carbocycles. The molecule has 0 heterocycles. The number of hydrogen-bond acceptors (Lipinski definition) is 4. The molecule has 0 saturated heterocycles. The summed E-state index contributed by atoms with van der Waals surface area (Å²) in [5.41, 5.74) is 2.95. The molecule has 3 rings (SSSR count). The van der Waals surface area contributed by atoms with Gasteiger partial charge in [-0.3, -0.25) is 13.9 Å². The molecule has 1 aliphatic carbocycles. The summed E-state index contributed by atoms with van der Waals surface area (Å²) in [5, 5.41) is 3.57. The largest absolute Gasteiger partial charge is 0.352 e. The fraction of sp³-hybridized carbons (Fsp3) is 0.462. The summed E-state index contributed by atoms with van der Waals surface area (Å²) in [5.74, 6) is -0.715. The van der Waals surface area contributed by atoms with Crippen LogP contribution in [-0.2, 0) is 26.2 Å². The Morgan fingerprint density at radius 1 is 1.09 bits per heavy atom. The predicted octanol–water partition coefficient (Wildman–Crippen LogP) is 4.20. The lowest BCUT2D eigenvalue weighted by atomic mass is 10.1. The number of amides is 2. The molecule has 1 N–H and O–H groups in total. The van der Waals surface area contributed by atoms with E-state index in [0.29, 0.717) is 10.7 Å². The van der Waals surface area contributed by atoms with Gasteiger partial charge in [0.25, 0.3) is 0 Å². The number of nitrogens with one attached hydrogen (secondary N) is 1. The molecule has 190 valence electrons. The van der Waals surface area contributed by atoms with Crippen LogP contribution in [0.4, 0.5) is 5.69 Å². The van der Waals surface area contributed by atoms with E-state index >= 15 is 0 Å². The highest BCUT2D eigenvalue weighted by molar-refractivity contribution is 7.92. The Hall–Kier alpha value is -2.58. The van der Waals surface area contributed by atoms with Crippen LogP contribution in [0.5, 0.6) is 0 Å². The second kappa shape index (κ2) is 11.4. The van der Waals surface area contributed by atoms with Crippen LogP contribution < -0.4 is 9.62 Å². The number of benzene rings is 2. The molecule has 0 radical (unpaired) electrons. The minimum atomic E-state index is -3.76. The van der Waals surface area contributed by atoms with E-state index in [-0.39, 0.29) is 18.5 Å². The van der Waals surface area contributed by atoms with Crippen molar-refractivity contribution in [3.63, 3.8) is 0 Å². The summed E-state index contributed by atoms with van der Waals surface area (Å²) < 4.78 is 26.5. The van der Waals surface area contributed by atoms with Crippen molar-refractivity contribution in [3.8, 4) is 0 Å². The van der Waals surface area contributed by atoms with Crippen LogP contribution in [0.3, 0.4) is 0 Å². The van der Waals surface area contributed by atoms with E-state index in [1.54, 1.807) is 37.3 Å². The molecule has 35 heavy (non-hydrogen) atoms. The van der Waals surface area contributed by atoms with Gasteiger partial charge < -0.3 is 10.2 Å². The van der Waals surface area contributed by atoms with Crippen molar-refractivity contribution in [3.05, 3.63) is 64.2 Å². The minimum absolute atomic E-state index is 0.107. The van der Waals surface area contributed by atoms with Crippen LogP contribution in [-0.4, -0.2) is 50.0 Å². The first-order valence-electron chi connectivity index (χ1n) is 11.8. The van der Waals surface area contributed by atoms with E-state index < -0.39 is 28.5 Å². The second-order valence-corrected chi connectivity index (χ2v) is 11.8. The molecule has 0 bridgehead atoms. The summed E-state index contributed by atoms with van der Waals surface area (Å²) in [4.78, 5) is 28.1. The lowest BCUT2D eigenvalue weighted by Gasteiger charge is -2.32. The van der Waals surface area contributed by atoms with Crippen molar-refractivity contribution in [2.24, 2.45) is 0 Å². The fourth-order valence-electron chi connectivity index (χ4n) is 4.51. The molecule has 0 aliphatic heterocycles. The third kappa shape index (κ3) is 7.45. The van der Waals surface area contributed by atoms with Crippen molar-refractivity contribution in [2.75, 3.05) is 17.1 Å². The fourth-order valence-corrected chi connectivity index (χ4v) is 5.56. The highest BCUT2D eigenvalue weighted by Gasteiger charge is 2.31. The molecular weight excluding hydrogens is 486 g/mol. The van der Waals surface area contributed by atoms with Crippen LogP contribution in [0.1, 0.15) is 49.3 Å². The molecule has 1 fully saturated rings. The number of carbonyl (C=O) groups is 2. The zero-order chi connectivity index (χ0) is 25.8. The first-order chi connectivity index (χ1) is 16.4. The lowest BCUT2D eigenvalue weighted by Crippen LogP contribution is -2.52. The molecule has 0 aromatic heterocycles. The summed E-state index contributed by atoms with van der Waals surface area (Å²) in [7, 11) is -3.76. The standard InChI is InChI=1S/C26H34ClN3O4S/c1-18-12-19(2)14-24(13-18)30(35(4,33)34)17-25(31)29(16-21-8-7-9-22(27)15-21)20(3)26(32)28-23-10-5-6-11-23/h7-9,12-15,20,23H,5-6,10-11,16-17H2,1-4H3,(H,28,32)/t20-/m0/s1. The zero-order valence-corrected chi connectivity index (χ0v) is 22.3. The van der Waals surface area contributed by atoms with Gasteiger partial charge in [-0.1, -0.05) is 42.6 Å². The van der Waals surface area contributed by atoms with E-state index in [0.717, 1.165) is 52.9 Å². The van der Waals surface area contributed by atoms with Gasteiger partial charge >= 0.3 is 0 Å². The normalized spacial score (nSPS) is 15.0. The lowest BCUT2D eigenvalue weighted by molar-refractivity contribution is -0.139. The van der Waals surface area contributed by atoms with Gasteiger partial charge in [0.15, 0.2) is 0 Å². The Morgan fingerprint density at radius 2 is 1.71 bits per heavy atom. The van der Waals surface area contributed by atoms with Gasteiger partial charge in [-0.05, 0) is 74.6 Å². The second-order valence-electron chi connectivity index (χ2n) is 9.43. The number of rotatable bonds is 9. The molecule has 2 amide bonds. The van der Waals surface area contributed by atoms with Gasteiger partial charge in [0.05, 0.1) is 11.9 Å². The van der Waals surface area contributed by atoms with Crippen molar-refractivity contribution in [2.45, 2.75) is 65.1 Å². The van der Waals surface area contributed by atoms with E-state index in [1.165, 1.54) is 4.90 Å². The van der Waals surface area contributed by atoms with Crippen LogP contribution in [0, 0.1) is 13.8 Å². The maximum atomic E-state index is 13.6. The third-order valence-corrected chi connectivity index (χ3v) is 7.66. The number of aryl methyl sites for hydroxylation is 2. The van der Waals surface area contributed by atoms with Gasteiger partial charge in [-0.25, -0.2) is 8.42 Å². The summed E-state index contributed by atoms with van der Waals surface area (Å²) >= 11 is 6.15. The van der Waals surface area contributed by atoms with Crippen LogP contribution >= 0.6 is 11.6 Å². The molecule has 0 unspecified atom stereocenters. The Balaban J connectivity index is 1.90. The van der Waals surface area contributed by atoms with Gasteiger partial charge in [-0.15, -0.1) is 0 Å². The molecule has 7 nitrogen and oxygen atoms in total. The van der Waals surface area contributed by atoms with E-state index in [4.69, 9.17) is 11.6 Å². The Morgan fingerprint density at radius 3 is 2.29 bits per heavy atom. The molecule has 1 aliphatic rings. The molecule has 9 heteroatoms. The maximum absolute atomic E-state index is 13.6. The number of sulfonamides is 1. The Kier molecular flexibility index (Phi) is 8.83. The predicted molar refractivity (Wildman–Crippen MR) is 140 cm³/mol. The van der Waals surface area contributed by atoms with Crippen molar-refractivity contribution < 1.29 is 18.0 Å². The van der Waals surface area contributed by atoms with Gasteiger partial charge in [0.1, 0.15) is 12.6 Å². The monoisotopic (exact) mass is 519 g/mol. The summed E-state index contributed by atoms with van der Waals surface area (Å²) in [6, 6.07) is 11.8. The maximum Gasteiger partial charge on any atom is 0.244 e. The highest BCUT2D eigenvalue weighted by Crippen LogP contribution is 2.23. The van der Waals surface area contributed by atoms with Crippen molar-refractivity contribution in [1.82, 2.24) is 10.2 Å².